The minimum atomic E-state index is -0.546. The van der Waals surface area contributed by atoms with Gasteiger partial charge in [0.2, 0.25) is 0 Å². The second kappa shape index (κ2) is 5.57. The fraction of sp³-hybridized carbons (Fsp3) is 0.929. The maximum Gasteiger partial charge on any atom is 0.327 e. The molecular weight excluding hydrogens is 228 g/mol. The third kappa shape index (κ3) is 3.23. The molecule has 104 valence electrons. The van der Waals surface area contributed by atoms with Crippen LogP contribution in [0.25, 0.3) is 0 Å². The molecule has 2 unspecified atom stereocenters. The highest BCUT2D eigenvalue weighted by Crippen LogP contribution is 2.26. The summed E-state index contributed by atoms with van der Waals surface area (Å²) in [5.74, 6) is -0.101. The number of rotatable bonds is 6. The molecule has 0 aromatic carbocycles. The van der Waals surface area contributed by atoms with E-state index in [1.165, 1.54) is 25.7 Å². The maximum absolute atomic E-state index is 12.2. The summed E-state index contributed by atoms with van der Waals surface area (Å²) in [7, 11) is 0. The molecule has 0 bridgehead atoms. The molecule has 1 aliphatic heterocycles. The molecule has 2 atom stereocenters. The first-order valence-electron chi connectivity index (χ1n) is 7.24. The largest absolute Gasteiger partial charge is 0.465 e. The molecule has 1 saturated carbocycles. The van der Waals surface area contributed by atoms with E-state index >= 15 is 0 Å². The van der Waals surface area contributed by atoms with Crippen LogP contribution in [0, 0.1) is 0 Å². The zero-order valence-corrected chi connectivity index (χ0v) is 11.9. The average Bonchev–Trinajstić information content (AvgIpc) is 3.03. The molecule has 1 N–H and O–H groups in total. The van der Waals surface area contributed by atoms with Gasteiger partial charge in [0.05, 0.1) is 6.61 Å². The Labute approximate surface area is 110 Å². The van der Waals surface area contributed by atoms with Crippen molar-refractivity contribution in [2.45, 2.75) is 64.1 Å². The van der Waals surface area contributed by atoms with Crippen molar-refractivity contribution < 1.29 is 9.53 Å². The SMILES string of the molecule is CCOC(=O)C(C)(CN1CCCC1C)NC1CC1. The summed E-state index contributed by atoms with van der Waals surface area (Å²) in [4.78, 5) is 14.6. The topological polar surface area (TPSA) is 41.6 Å². The number of hydrogen-bond donors (Lipinski definition) is 1. The molecule has 2 aliphatic rings. The van der Waals surface area contributed by atoms with Crippen molar-refractivity contribution in [2.75, 3.05) is 19.7 Å². The van der Waals surface area contributed by atoms with Gasteiger partial charge in [0.15, 0.2) is 0 Å². The number of nitrogens with one attached hydrogen (secondary N) is 1. The predicted octanol–water partition coefficient (Wildman–Crippen LogP) is 1.54. The first-order chi connectivity index (χ1) is 8.55. The number of nitrogens with zero attached hydrogens (tertiary/aromatic N) is 1. The Bertz CT molecular complexity index is 304. The number of esters is 1. The van der Waals surface area contributed by atoms with Gasteiger partial charge < -0.3 is 4.74 Å². The summed E-state index contributed by atoms with van der Waals surface area (Å²) in [5.41, 5.74) is -0.546. The Morgan fingerprint density at radius 3 is 2.67 bits per heavy atom. The van der Waals surface area contributed by atoms with Gasteiger partial charge in [-0.25, -0.2) is 0 Å². The van der Waals surface area contributed by atoms with Crippen LogP contribution in [-0.4, -0.2) is 48.2 Å². The molecule has 2 rings (SSSR count). The van der Waals surface area contributed by atoms with Gasteiger partial charge in [-0.2, -0.15) is 0 Å². The molecule has 4 heteroatoms. The van der Waals surface area contributed by atoms with Crippen LogP contribution in [0.4, 0.5) is 0 Å². The number of hydrogen-bond acceptors (Lipinski definition) is 4. The highest BCUT2D eigenvalue weighted by atomic mass is 16.5. The molecule has 4 nitrogen and oxygen atoms in total. The van der Waals surface area contributed by atoms with Gasteiger partial charge in [-0.05, 0) is 53.0 Å². The fourth-order valence-electron chi connectivity index (χ4n) is 2.77. The fourth-order valence-corrected chi connectivity index (χ4v) is 2.77. The van der Waals surface area contributed by atoms with Gasteiger partial charge in [-0.3, -0.25) is 15.0 Å². The summed E-state index contributed by atoms with van der Waals surface area (Å²) in [5, 5.41) is 3.48. The van der Waals surface area contributed by atoms with Gasteiger partial charge in [-0.1, -0.05) is 0 Å². The van der Waals surface area contributed by atoms with Crippen LogP contribution >= 0.6 is 0 Å². The van der Waals surface area contributed by atoms with E-state index < -0.39 is 5.54 Å². The Balaban J connectivity index is 2.00. The second-order valence-corrected chi connectivity index (χ2v) is 5.93. The highest BCUT2D eigenvalue weighted by Gasteiger charge is 2.42. The lowest BCUT2D eigenvalue weighted by molar-refractivity contribution is -0.151. The predicted molar refractivity (Wildman–Crippen MR) is 71.5 cm³/mol. The monoisotopic (exact) mass is 254 g/mol. The van der Waals surface area contributed by atoms with Crippen molar-refractivity contribution in [2.24, 2.45) is 0 Å². The molecule has 2 fully saturated rings. The third-order valence-electron chi connectivity index (χ3n) is 4.04. The summed E-state index contributed by atoms with van der Waals surface area (Å²) in [6.45, 7) is 8.43. The molecule has 1 saturated heterocycles. The van der Waals surface area contributed by atoms with Crippen molar-refractivity contribution in [1.29, 1.82) is 0 Å². The quantitative estimate of drug-likeness (QED) is 0.730. The first-order valence-corrected chi connectivity index (χ1v) is 7.24. The second-order valence-electron chi connectivity index (χ2n) is 5.93. The normalized spacial score (nSPS) is 28.1. The Hall–Kier alpha value is -0.610. The molecular formula is C14H26N2O2. The molecule has 18 heavy (non-hydrogen) atoms. The number of likely N-dealkylation sites (tertiary alicyclic amines) is 1. The van der Waals surface area contributed by atoms with Crippen LogP contribution in [0.2, 0.25) is 0 Å². The number of carbonyl (C=O) groups is 1. The van der Waals surface area contributed by atoms with Crippen LogP contribution in [0.5, 0.6) is 0 Å². The molecule has 0 aromatic rings. The van der Waals surface area contributed by atoms with Crippen molar-refractivity contribution in [3.63, 3.8) is 0 Å². The first kappa shape index (κ1) is 13.8. The van der Waals surface area contributed by atoms with E-state index in [0.29, 0.717) is 18.7 Å². The lowest BCUT2D eigenvalue weighted by Crippen LogP contribution is -2.58. The average molecular weight is 254 g/mol. The van der Waals surface area contributed by atoms with E-state index in [9.17, 15) is 4.79 Å². The smallest absolute Gasteiger partial charge is 0.327 e. The lowest BCUT2D eigenvalue weighted by atomic mass is 10.0. The van der Waals surface area contributed by atoms with Crippen molar-refractivity contribution in [3.8, 4) is 0 Å². The van der Waals surface area contributed by atoms with Crippen LogP contribution in [0.15, 0.2) is 0 Å². The minimum Gasteiger partial charge on any atom is -0.465 e. The highest BCUT2D eigenvalue weighted by molar-refractivity contribution is 5.80. The summed E-state index contributed by atoms with van der Waals surface area (Å²) in [6.07, 6.45) is 4.85. The van der Waals surface area contributed by atoms with Crippen LogP contribution in [0.1, 0.15) is 46.5 Å². The molecule has 0 spiro atoms. The van der Waals surface area contributed by atoms with Crippen LogP contribution in [-0.2, 0) is 9.53 Å². The zero-order chi connectivity index (χ0) is 13.2. The van der Waals surface area contributed by atoms with Gasteiger partial charge in [0.1, 0.15) is 5.54 Å². The van der Waals surface area contributed by atoms with E-state index in [-0.39, 0.29) is 5.97 Å². The number of ether oxygens (including phenoxy) is 1. The van der Waals surface area contributed by atoms with Crippen molar-refractivity contribution in [3.05, 3.63) is 0 Å². The Kier molecular flexibility index (Phi) is 4.28. The number of carbonyl (C=O) groups excluding carboxylic acids is 1. The Morgan fingerprint density at radius 2 is 2.17 bits per heavy atom. The van der Waals surface area contributed by atoms with E-state index in [2.05, 4.69) is 17.1 Å². The molecule has 0 amide bonds. The maximum atomic E-state index is 12.2. The molecule has 0 aromatic heterocycles. The van der Waals surface area contributed by atoms with E-state index in [1.54, 1.807) is 0 Å². The van der Waals surface area contributed by atoms with Gasteiger partial charge in [-0.15, -0.1) is 0 Å². The summed E-state index contributed by atoms with van der Waals surface area (Å²) in [6, 6.07) is 1.09. The molecule has 1 aliphatic carbocycles. The van der Waals surface area contributed by atoms with Gasteiger partial charge in [0, 0.05) is 18.6 Å². The van der Waals surface area contributed by atoms with Crippen LogP contribution in [0.3, 0.4) is 0 Å². The lowest BCUT2D eigenvalue weighted by Gasteiger charge is -2.34. The Morgan fingerprint density at radius 1 is 1.44 bits per heavy atom. The van der Waals surface area contributed by atoms with Crippen molar-refractivity contribution >= 4 is 5.97 Å². The third-order valence-corrected chi connectivity index (χ3v) is 4.04. The minimum absolute atomic E-state index is 0.101. The van der Waals surface area contributed by atoms with Gasteiger partial charge >= 0.3 is 5.97 Å². The van der Waals surface area contributed by atoms with Crippen molar-refractivity contribution in [1.82, 2.24) is 10.2 Å². The molecule has 1 heterocycles. The zero-order valence-electron chi connectivity index (χ0n) is 11.9. The molecule has 0 radical (unpaired) electrons. The van der Waals surface area contributed by atoms with E-state index in [1.807, 2.05) is 13.8 Å². The summed E-state index contributed by atoms with van der Waals surface area (Å²) >= 11 is 0. The van der Waals surface area contributed by atoms with E-state index in [0.717, 1.165) is 13.1 Å². The van der Waals surface area contributed by atoms with Crippen LogP contribution < -0.4 is 5.32 Å². The van der Waals surface area contributed by atoms with Gasteiger partial charge in [0.25, 0.3) is 0 Å². The summed E-state index contributed by atoms with van der Waals surface area (Å²) < 4.78 is 5.25. The standard InChI is InChI=1S/C14H26N2O2/c1-4-18-13(17)14(3,15-12-7-8-12)10-16-9-5-6-11(16)2/h11-12,15H,4-10H2,1-3H3. The van der Waals surface area contributed by atoms with E-state index in [4.69, 9.17) is 4.74 Å².